The van der Waals surface area contributed by atoms with Crippen LogP contribution in [0.3, 0.4) is 0 Å². The largest absolute Gasteiger partial charge is 0.537 e. The van der Waals surface area contributed by atoms with Crippen LogP contribution >= 0.6 is 33.2 Å². The zero-order chi connectivity index (χ0) is 53.2. The lowest BCUT2D eigenvalue weighted by Gasteiger charge is -2.28. The highest BCUT2D eigenvalue weighted by atomic mass is 35.8. The number of benzene rings is 7. The van der Waals surface area contributed by atoms with E-state index in [2.05, 4.69) is 123 Å². The minimum atomic E-state index is -2.89. The van der Waals surface area contributed by atoms with Crippen LogP contribution in [0.5, 0.6) is 0 Å². The van der Waals surface area contributed by atoms with Crippen LogP contribution in [0.1, 0.15) is 32.2 Å². The molecule has 75 heavy (non-hydrogen) atoms. The summed E-state index contributed by atoms with van der Waals surface area (Å²) in [5, 5.41) is 7.21. The average molecular weight is 1110 g/mol. The number of aromatic nitrogens is 4. The van der Waals surface area contributed by atoms with Gasteiger partial charge in [0.2, 0.25) is 0 Å². The Labute approximate surface area is 456 Å². The molecule has 0 aliphatic rings. The SMILES string of the molecule is CCO[Si](OCC)(OCC)c1ccc2nc(C)c(C)nc2c1.CO[Si](OC)(OC)c1ccc2cc3cccnc3cc2c1.Cl[Si](Cl)(Cl)c1ccc(-c2ccc(-c3ccc(-c4ccc5ncccc5c4)cc3)cc2)cc1. The van der Waals surface area contributed by atoms with Gasteiger partial charge in [-0.05, 0) is 139 Å². The van der Waals surface area contributed by atoms with Crippen molar-refractivity contribution < 1.29 is 26.6 Å². The molecule has 10 rings (SSSR count). The minimum absolute atomic E-state index is 0.545. The maximum absolute atomic E-state index is 6.09. The first-order valence-corrected chi connectivity index (χ1v) is 33.1. The van der Waals surface area contributed by atoms with E-state index >= 15 is 0 Å². The molecule has 0 amide bonds. The minimum Gasteiger partial charge on any atom is -0.373 e. The van der Waals surface area contributed by atoms with Gasteiger partial charge in [-0.3, -0.25) is 9.97 Å². The van der Waals surface area contributed by atoms with Crippen molar-refractivity contribution in [2.45, 2.75) is 34.6 Å². The summed E-state index contributed by atoms with van der Waals surface area (Å²) in [4.78, 5) is 18.0. The standard InChI is InChI=1S/C27H18Cl3NSi.C16H24N2O3Si.C16H17NO3Si/c28-32(29,30)26-14-11-22(12-15-26)21-5-3-19(4-6-21)20-7-9-23(10-8-20)24-13-16-27-25(18-24)2-1-17-31-27;1-6-19-22(20-7-2,21-8-3)14-9-10-15-16(11-14)18-13(5)12(4)17-15;1-18-21(19-2,20-3)15-7-6-12-9-13-5-4-8-17-16(13)11-14(12)10-15/h1-18H;9-11H,6-8H2,1-5H3;4-11H,1-3H3. The normalized spacial score (nSPS) is 11.9. The summed E-state index contributed by atoms with van der Waals surface area (Å²) in [5.74, 6) is 0. The number of halogens is 3. The molecule has 0 atom stereocenters. The fraction of sp³-hybridized carbons (Fsp3) is 0.186. The van der Waals surface area contributed by atoms with Gasteiger partial charge in [-0.1, -0.05) is 109 Å². The molecule has 0 aliphatic heterocycles. The number of hydrogen-bond acceptors (Lipinski definition) is 10. The third-order valence-electron chi connectivity index (χ3n) is 12.7. The summed E-state index contributed by atoms with van der Waals surface area (Å²) in [7, 11) is -0.837. The second kappa shape index (κ2) is 24.9. The maximum atomic E-state index is 6.09. The highest BCUT2D eigenvalue weighted by molar-refractivity contribution is 7.69. The Bertz CT molecular complexity index is 3510. The van der Waals surface area contributed by atoms with Crippen LogP contribution in [-0.2, 0) is 26.6 Å². The third kappa shape index (κ3) is 12.9. The van der Waals surface area contributed by atoms with E-state index in [1.807, 2.05) is 101 Å². The van der Waals surface area contributed by atoms with E-state index < -0.39 is 23.6 Å². The lowest BCUT2D eigenvalue weighted by molar-refractivity contribution is 0.0859. The van der Waals surface area contributed by atoms with Crippen LogP contribution in [-0.4, -0.2) is 84.7 Å². The molecule has 3 heterocycles. The molecule has 0 radical (unpaired) electrons. The van der Waals surface area contributed by atoms with Crippen LogP contribution in [0.15, 0.2) is 176 Å². The van der Waals surface area contributed by atoms with Crippen molar-refractivity contribution in [3.63, 3.8) is 0 Å². The fourth-order valence-electron chi connectivity index (χ4n) is 8.80. The Morgan fingerprint density at radius 3 is 1.32 bits per heavy atom. The first-order chi connectivity index (χ1) is 36.2. The molecule has 10 nitrogen and oxygen atoms in total. The van der Waals surface area contributed by atoms with E-state index in [1.54, 1.807) is 27.5 Å². The van der Waals surface area contributed by atoms with Gasteiger partial charge in [0, 0.05) is 74.7 Å². The molecule has 16 heteroatoms. The van der Waals surface area contributed by atoms with Gasteiger partial charge in [-0.25, -0.2) is 9.97 Å². The number of hydrogen-bond donors (Lipinski definition) is 0. The first kappa shape index (κ1) is 55.5. The highest BCUT2D eigenvalue weighted by Gasteiger charge is 2.43. The zero-order valence-corrected chi connectivity index (χ0v) is 48.5. The Kier molecular flexibility index (Phi) is 18.4. The number of pyridine rings is 2. The number of fused-ring (bicyclic) bond motifs is 4. The van der Waals surface area contributed by atoms with E-state index in [1.165, 1.54) is 22.3 Å². The lowest BCUT2D eigenvalue weighted by atomic mass is 9.97. The molecular weight excluding hydrogens is 1050 g/mol. The molecule has 0 spiro atoms. The topological polar surface area (TPSA) is 107 Å². The van der Waals surface area contributed by atoms with Crippen molar-refractivity contribution in [3.05, 3.63) is 188 Å². The Hall–Kier alpha value is -5.76. The molecular formula is C59H59Cl3N4O6Si3. The fourth-order valence-corrected chi connectivity index (χ4v) is 14.8. The second-order valence-corrected chi connectivity index (χ2v) is 31.3. The van der Waals surface area contributed by atoms with Crippen molar-refractivity contribution in [3.8, 4) is 33.4 Å². The Morgan fingerprint density at radius 2 is 0.800 bits per heavy atom. The maximum Gasteiger partial charge on any atom is 0.537 e. The van der Waals surface area contributed by atoms with Crippen molar-refractivity contribution in [2.75, 3.05) is 41.2 Å². The molecule has 0 aliphatic carbocycles. The number of nitrogens with zero attached hydrogens (tertiary/aromatic N) is 4. The second-order valence-electron chi connectivity index (χ2n) is 17.4. The molecule has 0 bridgehead atoms. The Balaban J connectivity index is 0.000000155. The van der Waals surface area contributed by atoms with Gasteiger partial charge in [0.25, 0.3) is 0 Å². The average Bonchev–Trinajstić information content (AvgIpc) is 3.44. The molecule has 0 saturated carbocycles. The summed E-state index contributed by atoms with van der Waals surface area (Å²) in [6, 6.07) is 52.9. The van der Waals surface area contributed by atoms with Crippen molar-refractivity contribution >= 4 is 116 Å². The molecule has 0 N–H and O–H groups in total. The van der Waals surface area contributed by atoms with Crippen LogP contribution in [0.4, 0.5) is 0 Å². The first-order valence-electron chi connectivity index (χ1n) is 24.6. The summed E-state index contributed by atoms with van der Waals surface area (Å²) in [6.45, 7) is 11.4. The van der Waals surface area contributed by atoms with Gasteiger partial charge in [-0.15, -0.1) is 33.2 Å². The third-order valence-corrected chi connectivity index (χ3v) is 21.3. The monoisotopic (exact) mass is 1110 g/mol. The predicted octanol–water partition coefficient (Wildman–Crippen LogP) is 13.1. The molecule has 384 valence electrons. The van der Waals surface area contributed by atoms with E-state index in [0.29, 0.717) is 19.8 Å². The quantitative estimate of drug-likeness (QED) is 0.0559. The van der Waals surface area contributed by atoms with Crippen molar-refractivity contribution in [2.24, 2.45) is 0 Å². The van der Waals surface area contributed by atoms with E-state index in [9.17, 15) is 0 Å². The van der Waals surface area contributed by atoms with Gasteiger partial charge in [0.1, 0.15) is 0 Å². The van der Waals surface area contributed by atoms with Crippen molar-refractivity contribution in [1.29, 1.82) is 0 Å². The molecule has 10 aromatic rings. The summed E-state index contributed by atoms with van der Waals surface area (Å²) in [6.07, 6.45) is 3.62. The summed E-state index contributed by atoms with van der Waals surface area (Å²) >= 11 is 18.3. The van der Waals surface area contributed by atoms with Crippen LogP contribution < -0.4 is 15.6 Å². The van der Waals surface area contributed by atoms with Crippen molar-refractivity contribution in [1.82, 2.24) is 19.9 Å². The van der Waals surface area contributed by atoms with E-state index in [-0.39, 0.29) is 0 Å². The number of aryl methyl sites for hydroxylation is 2. The molecule has 3 aromatic heterocycles. The zero-order valence-electron chi connectivity index (χ0n) is 43.2. The molecule has 7 aromatic carbocycles. The number of rotatable bonds is 15. The summed E-state index contributed by atoms with van der Waals surface area (Å²) < 4.78 is 34.4. The van der Waals surface area contributed by atoms with Gasteiger partial charge < -0.3 is 26.6 Å². The van der Waals surface area contributed by atoms with Crippen LogP contribution in [0.2, 0.25) is 0 Å². The lowest BCUT2D eigenvalue weighted by Crippen LogP contribution is -2.56. The van der Waals surface area contributed by atoms with Gasteiger partial charge >= 0.3 is 23.6 Å². The summed E-state index contributed by atoms with van der Waals surface area (Å²) in [5.41, 5.74) is 12.5. The molecule has 0 saturated heterocycles. The van der Waals surface area contributed by atoms with Gasteiger partial charge in [0.05, 0.1) is 33.5 Å². The predicted molar refractivity (Wildman–Crippen MR) is 316 cm³/mol. The molecule has 0 fully saturated rings. The highest BCUT2D eigenvalue weighted by Crippen LogP contribution is 2.30. The van der Waals surface area contributed by atoms with Gasteiger partial charge in [-0.2, -0.15) is 0 Å². The van der Waals surface area contributed by atoms with E-state index in [0.717, 1.165) is 81.7 Å². The molecule has 0 unspecified atom stereocenters. The van der Waals surface area contributed by atoms with Gasteiger partial charge in [0.15, 0.2) is 0 Å². The Morgan fingerprint density at radius 1 is 0.373 bits per heavy atom. The van der Waals surface area contributed by atoms with E-state index in [4.69, 9.17) is 59.8 Å². The van der Waals surface area contributed by atoms with Crippen LogP contribution in [0.25, 0.3) is 77.0 Å². The van der Waals surface area contributed by atoms with Crippen LogP contribution in [0, 0.1) is 13.8 Å². The smallest absolute Gasteiger partial charge is 0.373 e.